The minimum atomic E-state index is -1.62. The number of rotatable bonds is 3. The number of aliphatic hydroxyl groups excluding tert-OH is 2. The van der Waals surface area contributed by atoms with Crippen LogP contribution in [0.5, 0.6) is 0 Å². The summed E-state index contributed by atoms with van der Waals surface area (Å²) < 4.78 is 0.883. The van der Waals surface area contributed by atoms with Crippen LogP contribution >= 0.6 is 11.3 Å². The van der Waals surface area contributed by atoms with Crippen molar-refractivity contribution in [3.8, 4) is 0 Å². The number of hydrogen-bond donors (Lipinski definition) is 3. The van der Waals surface area contributed by atoms with Gasteiger partial charge in [0.25, 0.3) is 0 Å². The van der Waals surface area contributed by atoms with E-state index >= 15 is 0 Å². The Labute approximate surface area is 95.2 Å². The summed E-state index contributed by atoms with van der Waals surface area (Å²) in [6, 6.07) is 7.31. The van der Waals surface area contributed by atoms with Crippen molar-refractivity contribution >= 4 is 27.5 Å². The molecule has 16 heavy (non-hydrogen) atoms. The number of carbonyl (C=O) groups excluding carboxylic acids is 1. The van der Waals surface area contributed by atoms with E-state index < -0.39 is 18.1 Å². The number of aromatic nitrogens is 1. The number of carbonyl (C=O) groups is 1. The largest absolute Gasteiger partial charge is 0.383 e. The Kier molecular flexibility index (Phi) is 2.86. The molecule has 1 amide bonds. The zero-order valence-corrected chi connectivity index (χ0v) is 9.02. The van der Waals surface area contributed by atoms with Crippen molar-refractivity contribution in [3.05, 3.63) is 29.3 Å². The molecule has 0 bridgehead atoms. The first-order valence-corrected chi connectivity index (χ1v) is 5.42. The second-order valence-electron chi connectivity index (χ2n) is 3.31. The second-order valence-corrected chi connectivity index (χ2v) is 4.37. The minimum absolute atomic E-state index is 0.285. The fraction of sp³-hybridized carbons (Fsp3) is 0.200. The molecule has 4 N–H and O–H groups in total. The average Bonchev–Trinajstić information content (AvgIpc) is 2.70. The summed E-state index contributed by atoms with van der Waals surface area (Å²) in [5.74, 6) is -0.966. The Balaban J connectivity index is 2.36. The zero-order chi connectivity index (χ0) is 11.7. The van der Waals surface area contributed by atoms with Crippen LogP contribution in [0.2, 0.25) is 0 Å². The van der Waals surface area contributed by atoms with Crippen molar-refractivity contribution in [2.24, 2.45) is 5.73 Å². The Hall–Kier alpha value is -1.50. The molecule has 2 rings (SSSR count). The molecule has 0 aliphatic heterocycles. The van der Waals surface area contributed by atoms with E-state index in [0.29, 0.717) is 0 Å². The summed E-state index contributed by atoms with van der Waals surface area (Å²) in [6.45, 7) is 0. The molecule has 2 atom stereocenters. The highest BCUT2D eigenvalue weighted by Crippen LogP contribution is 2.27. The van der Waals surface area contributed by atoms with Crippen LogP contribution in [0, 0.1) is 0 Å². The van der Waals surface area contributed by atoms with Gasteiger partial charge in [-0.2, -0.15) is 0 Å². The smallest absolute Gasteiger partial charge is 0.249 e. The molecule has 1 aromatic heterocycles. The van der Waals surface area contributed by atoms with Gasteiger partial charge in [0.05, 0.1) is 10.2 Å². The third kappa shape index (κ3) is 1.90. The molecule has 2 aromatic rings. The highest BCUT2D eigenvalue weighted by Gasteiger charge is 2.26. The molecule has 5 nitrogen and oxygen atoms in total. The summed E-state index contributed by atoms with van der Waals surface area (Å²) in [7, 11) is 0. The average molecular weight is 238 g/mol. The molecule has 84 valence electrons. The zero-order valence-electron chi connectivity index (χ0n) is 8.20. The van der Waals surface area contributed by atoms with Crippen molar-refractivity contribution < 1.29 is 15.0 Å². The predicted octanol–water partition coefficient (Wildman–Crippen LogP) is 0.176. The van der Waals surface area contributed by atoms with Gasteiger partial charge in [-0.3, -0.25) is 4.79 Å². The third-order valence-corrected chi connectivity index (χ3v) is 3.26. The second kappa shape index (κ2) is 4.17. The third-order valence-electron chi connectivity index (χ3n) is 2.15. The van der Waals surface area contributed by atoms with Gasteiger partial charge in [0.1, 0.15) is 11.1 Å². The standard InChI is InChI=1S/C10H10N2O3S/c11-9(15)7(13)8(14)10-12-5-3-1-2-4-6(5)16-10/h1-4,7-8,13-14H,(H2,11,15)/t7-,8-/m1/s1. The molecule has 0 saturated heterocycles. The molecular formula is C10H10N2O3S. The van der Waals surface area contributed by atoms with Crippen LogP contribution in [0.4, 0.5) is 0 Å². The number of thiazole rings is 1. The Morgan fingerprint density at radius 3 is 2.69 bits per heavy atom. The first kappa shape index (κ1) is 11.0. The normalized spacial score (nSPS) is 14.9. The number of aliphatic hydroxyl groups is 2. The van der Waals surface area contributed by atoms with Gasteiger partial charge < -0.3 is 15.9 Å². The Bertz CT molecular complexity index is 493. The van der Waals surface area contributed by atoms with Crippen LogP contribution < -0.4 is 5.73 Å². The van der Waals surface area contributed by atoms with E-state index in [1.165, 1.54) is 11.3 Å². The summed E-state index contributed by atoms with van der Waals surface area (Å²) in [4.78, 5) is 14.8. The molecule has 6 heteroatoms. The van der Waals surface area contributed by atoms with E-state index in [-0.39, 0.29) is 5.01 Å². The number of nitrogens with zero attached hydrogens (tertiary/aromatic N) is 1. The Morgan fingerprint density at radius 1 is 1.38 bits per heavy atom. The molecule has 0 saturated carbocycles. The van der Waals surface area contributed by atoms with Crippen molar-refractivity contribution in [1.82, 2.24) is 4.98 Å². The number of fused-ring (bicyclic) bond motifs is 1. The van der Waals surface area contributed by atoms with Gasteiger partial charge in [-0.05, 0) is 12.1 Å². The maximum Gasteiger partial charge on any atom is 0.249 e. The molecule has 0 spiro atoms. The van der Waals surface area contributed by atoms with Crippen LogP contribution in [0.3, 0.4) is 0 Å². The fourth-order valence-corrected chi connectivity index (χ4v) is 2.29. The molecule has 0 aliphatic rings. The maximum atomic E-state index is 10.7. The number of para-hydroxylation sites is 1. The lowest BCUT2D eigenvalue weighted by Crippen LogP contribution is -2.33. The van der Waals surface area contributed by atoms with E-state index in [4.69, 9.17) is 5.73 Å². The lowest BCUT2D eigenvalue weighted by molar-refractivity contribution is -0.131. The molecule has 1 heterocycles. The van der Waals surface area contributed by atoms with E-state index in [0.717, 1.165) is 10.2 Å². The number of hydrogen-bond acceptors (Lipinski definition) is 5. The van der Waals surface area contributed by atoms with Crippen LogP contribution in [0.25, 0.3) is 10.2 Å². The summed E-state index contributed by atoms with van der Waals surface area (Å²) >= 11 is 1.22. The van der Waals surface area contributed by atoms with Gasteiger partial charge in [-0.1, -0.05) is 12.1 Å². The number of nitrogens with two attached hydrogens (primary N) is 1. The van der Waals surface area contributed by atoms with E-state index in [1.54, 1.807) is 6.07 Å². The van der Waals surface area contributed by atoms with E-state index in [9.17, 15) is 15.0 Å². The lowest BCUT2D eigenvalue weighted by Gasteiger charge is -2.11. The van der Waals surface area contributed by atoms with Crippen molar-refractivity contribution in [2.45, 2.75) is 12.2 Å². The van der Waals surface area contributed by atoms with Crippen molar-refractivity contribution in [1.29, 1.82) is 0 Å². The predicted molar refractivity (Wildman–Crippen MR) is 59.8 cm³/mol. The summed E-state index contributed by atoms with van der Waals surface area (Å²) in [5, 5.41) is 19.3. The van der Waals surface area contributed by atoms with Gasteiger partial charge in [-0.25, -0.2) is 4.98 Å². The quantitative estimate of drug-likeness (QED) is 0.710. The van der Waals surface area contributed by atoms with Crippen molar-refractivity contribution in [2.75, 3.05) is 0 Å². The van der Waals surface area contributed by atoms with E-state index in [2.05, 4.69) is 4.98 Å². The summed E-state index contributed by atoms with van der Waals surface area (Å²) in [6.07, 6.45) is -2.99. The molecular weight excluding hydrogens is 228 g/mol. The Morgan fingerprint density at radius 2 is 2.06 bits per heavy atom. The number of primary amides is 1. The van der Waals surface area contributed by atoms with Gasteiger partial charge in [0.15, 0.2) is 6.10 Å². The number of amides is 1. The molecule has 0 unspecified atom stereocenters. The van der Waals surface area contributed by atoms with Crippen LogP contribution in [0.1, 0.15) is 11.1 Å². The first-order chi connectivity index (χ1) is 7.59. The lowest BCUT2D eigenvalue weighted by atomic mass is 10.2. The first-order valence-electron chi connectivity index (χ1n) is 4.60. The van der Waals surface area contributed by atoms with E-state index in [1.807, 2.05) is 18.2 Å². The van der Waals surface area contributed by atoms with Gasteiger partial charge in [0.2, 0.25) is 5.91 Å². The highest BCUT2D eigenvalue weighted by atomic mass is 32.1. The molecule has 0 aliphatic carbocycles. The summed E-state index contributed by atoms with van der Waals surface area (Å²) in [5.41, 5.74) is 5.62. The van der Waals surface area contributed by atoms with Gasteiger partial charge in [0, 0.05) is 0 Å². The van der Waals surface area contributed by atoms with Crippen molar-refractivity contribution in [3.63, 3.8) is 0 Å². The maximum absolute atomic E-state index is 10.7. The van der Waals surface area contributed by atoms with Gasteiger partial charge in [-0.15, -0.1) is 11.3 Å². The monoisotopic (exact) mass is 238 g/mol. The van der Waals surface area contributed by atoms with Crippen LogP contribution in [0.15, 0.2) is 24.3 Å². The topological polar surface area (TPSA) is 96.4 Å². The molecule has 0 fully saturated rings. The van der Waals surface area contributed by atoms with Gasteiger partial charge >= 0.3 is 0 Å². The minimum Gasteiger partial charge on any atom is -0.383 e. The van der Waals surface area contributed by atoms with Crippen LogP contribution in [-0.4, -0.2) is 27.2 Å². The molecule has 1 aromatic carbocycles. The number of benzene rings is 1. The molecule has 0 radical (unpaired) electrons. The van der Waals surface area contributed by atoms with Crippen LogP contribution in [-0.2, 0) is 4.79 Å². The highest BCUT2D eigenvalue weighted by molar-refractivity contribution is 7.18. The SMILES string of the molecule is NC(=O)[C@H](O)[C@@H](O)c1nc2ccccc2s1. The fourth-order valence-electron chi connectivity index (χ4n) is 1.31.